The lowest BCUT2D eigenvalue weighted by Crippen LogP contribution is -2.52. The molecular weight excluding hydrogens is 332 g/mol. The molecule has 3 fully saturated rings. The summed E-state index contributed by atoms with van der Waals surface area (Å²) >= 11 is 0. The lowest BCUT2D eigenvalue weighted by molar-refractivity contribution is 0.00802. The van der Waals surface area contributed by atoms with Gasteiger partial charge < -0.3 is 4.98 Å². The molecule has 5 rings (SSSR count). The highest BCUT2D eigenvalue weighted by Crippen LogP contribution is 2.47. The number of rotatable bonds is 4. The van der Waals surface area contributed by atoms with Gasteiger partial charge in [-0.3, -0.25) is 9.80 Å². The summed E-state index contributed by atoms with van der Waals surface area (Å²) in [6.07, 6.45) is 8.71. The first-order chi connectivity index (χ1) is 13.2. The van der Waals surface area contributed by atoms with Crippen LogP contribution < -0.4 is 0 Å². The average Bonchev–Trinajstić information content (AvgIpc) is 3.48. The van der Waals surface area contributed by atoms with E-state index < -0.39 is 0 Å². The zero-order valence-electron chi connectivity index (χ0n) is 16.5. The highest BCUT2D eigenvalue weighted by atomic mass is 15.2. The van der Waals surface area contributed by atoms with Crippen molar-refractivity contribution in [3.8, 4) is 0 Å². The first-order valence-electron chi connectivity index (χ1n) is 10.7. The maximum Gasteiger partial charge on any atom is 0.0925 e. The molecule has 1 spiro atoms. The van der Waals surface area contributed by atoms with E-state index in [9.17, 15) is 0 Å². The Kier molecular flexibility index (Phi) is 4.57. The van der Waals surface area contributed by atoms with E-state index in [-0.39, 0.29) is 0 Å². The number of imidazole rings is 1. The molecule has 3 heterocycles. The van der Waals surface area contributed by atoms with Crippen LogP contribution in [-0.2, 0) is 6.54 Å². The Morgan fingerprint density at radius 2 is 1.93 bits per heavy atom. The second kappa shape index (κ2) is 7.06. The van der Waals surface area contributed by atoms with Crippen molar-refractivity contribution in [2.24, 2.45) is 5.41 Å². The standard InChI is InChI=1S/C23H32N4/c1-18-22(25-17-24-18)15-26-11-9-23(10-12-26)13-20(19-5-3-2-4-6-19)14-27(16-23)21-7-8-21/h2-6,17,20-21H,7-16H2,1H3,(H,24,25). The average molecular weight is 365 g/mol. The third-order valence-corrected chi connectivity index (χ3v) is 7.23. The van der Waals surface area contributed by atoms with Gasteiger partial charge in [0.25, 0.3) is 0 Å². The lowest BCUT2D eigenvalue weighted by Gasteiger charge is -2.50. The van der Waals surface area contributed by atoms with E-state index in [2.05, 4.69) is 57.0 Å². The van der Waals surface area contributed by atoms with E-state index >= 15 is 0 Å². The second-order valence-corrected chi connectivity index (χ2v) is 9.22. The van der Waals surface area contributed by atoms with Gasteiger partial charge in [-0.15, -0.1) is 0 Å². The summed E-state index contributed by atoms with van der Waals surface area (Å²) in [5.74, 6) is 0.709. The van der Waals surface area contributed by atoms with E-state index in [0.717, 1.165) is 12.6 Å². The molecular formula is C23H32N4. The van der Waals surface area contributed by atoms with Crippen LogP contribution in [0.1, 0.15) is 55.0 Å². The third kappa shape index (κ3) is 3.70. The van der Waals surface area contributed by atoms with Crippen molar-refractivity contribution < 1.29 is 0 Å². The molecule has 1 N–H and O–H groups in total. The Labute approximate surface area is 163 Å². The summed E-state index contributed by atoms with van der Waals surface area (Å²) in [5.41, 5.74) is 4.50. The van der Waals surface area contributed by atoms with Crippen molar-refractivity contribution >= 4 is 0 Å². The number of benzene rings is 1. The van der Waals surface area contributed by atoms with Crippen molar-refractivity contribution in [3.63, 3.8) is 0 Å². The Bertz CT molecular complexity index is 756. The number of nitrogens with zero attached hydrogens (tertiary/aromatic N) is 3. The molecule has 1 unspecified atom stereocenters. The fourth-order valence-electron chi connectivity index (χ4n) is 5.40. The minimum absolute atomic E-state index is 0.512. The predicted octanol–water partition coefficient (Wildman–Crippen LogP) is 3.95. The number of likely N-dealkylation sites (tertiary alicyclic amines) is 2. The molecule has 1 atom stereocenters. The van der Waals surface area contributed by atoms with Gasteiger partial charge in [0.2, 0.25) is 0 Å². The number of aromatic nitrogens is 2. The van der Waals surface area contributed by atoms with Crippen LogP contribution in [0.4, 0.5) is 0 Å². The van der Waals surface area contributed by atoms with Crippen LogP contribution in [0.25, 0.3) is 0 Å². The lowest BCUT2D eigenvalue weighted by atomic mass is 9.68. The largest absolute Gasteiger partial charge is 0.348 e. The summed E-state index contributed by atoms with van der Waals surface area (Å²) in [5, 5.41) is 0. The monoisotopic (exact) mass is 364 g/mol. The van der Waals surface area contributed by atoms with Gasteiger partial charge in [-0.05, 0) is 69.0 Å². The zero-order chi connectivity index (χ0) is 18.3. The summed E-state index contributed by atoms with van der Waals surface area (Å²) < 4.78 is 0. The van der Waals surface area contributed by atoms with Gasteiger partial charge >= 0.3 is 0 Å². The van der Waals surface area contributed by atoms with Crippen molar-refractivity contribution in [1.29, 1.82) is 0 Å². The van der Waals surface area contributed by atoms with E-state index in [1.807, 2.05) is 6.33 Å². The highest BCUT2D eigenvalue weighted by Gasteiger charge is 2.45. The molecule has 144 valence electrons. The molecule has 1 aliphatic carbocycles. The number of H-pyrrole nitrogens is 1. The molecule has 27 heavy (non-hydrogen) atoms. The molecule has 2 aromatic rings. The van der Waals surface area contributed by atoms with Crippen molar-refractivity contribution in [3.05, 3.63) is 53.6 Å². The normalized spacial score (nSPS) is 26.5. The van der Waals surface area contributed by atoms with Crippen molar-refractivity contribution in [2.45, 2.75) is 57.5 Å². The first kappa shape index (κ1) is 17.4. The molecule has 1 saturated carbocycles. The van der Waals surface area contributed by atoms with Crippen LogP contribution in [0.2, 0.25) is 0 Å². The minimum Gasteiger partial charge on any atom is -0.348 e. The summed E-state index contributed by atoms with van der Waals surface area (Å²) in [6, 6.07) is 12.2. The van der Waals surface area contributed by atoms with Crippen LogP contribution in [0.15, 0.2) is 36.7 Å². The molecule has 2 aliphatic heterocycles. The van der Waals surface area contributed by atoms with Gasteiger partial charge in [0, 0.05) is 31.4 Å². The Morgan fingerprint density at radius 1 is 1.15 bits per heavy atom. The Hall–Kier alpha value is -1.65. The van der Waals surface area contributed by atoms with Gasteiger partial charge in [0.15, 0.2) is 0 Å². The van der Waals surface area contributed by atoms with Crippen molar-refractivity contribution in [1.82, 2.24) is 19.8 Å². The predicted molar refractivity (Wildman–Crippen MR) is 109 cm³/mol. The van der Waals surface area contributed by atoms with Crippen LogP contribution in [0.5, 0.6) is 0 Å². The van der Waals surface area contributed by atoms with E-state index in [4.69, 9.17) is 0 Å². The molecule has 3 aliphatic rings. The topological polar surface area (TPSA) is 35.2 Å². The molecule has 0 bridgehead atoms. The molecule has 4 heteroatoms. The second-order valence-electron chi connectivity index (χ2n) is 9.22. The van der Waals surface area contributed by atoms with Gasteiger partial charge in [0.05, 0.1) is 12.0 Å². The summed E-state index contributed by atoms with van der Waals surface area (Å²) in [4.78, 5) is 13.2. The number of hydrogen-bond donors (Lipinski definition) is 1. The van der Waals surface area contributed by atoms with Crippen molar-refractivity contribution in [2.75, 3.05) is 26.2 Å². The van der Waals surface area contributed by atoms with Gasteiger partial charge in [-0.25, -0.2) is 4.98 Å². The van der Waals surface area contributed by atoms with Gasteiger partial charge in [-0.1, -0.05) is 30.3 Å². The van der Waals surface area contributed by atoms with E-state index in [1.54, 1.807) is 5.56 Å². The fourth-order valence-corrected chi connectivity index (χ4v) is 5.40. The fraction of sp³-hybridized carbons (Fsp3) is 0.609. The molecule has 4 nitrogen and oxygen atoms in total. The zero-order valence-corrected chi connectivity index (χ0v) is 16.5. The van der Waals surface area contributed by atoms with Crippen LogP contribution in [-0.4, -0.2) is 52.0 Å². The van der Waals surface area contributed by atoms with Crippen LogP contribution in [0, 0.1) is 12.3 Å². The first-order valence-corrected chi connectivity index (χ1v) is 10.7. The molecule has 0 radical (unpaired) electrons. The number of aryl methyl sites for hydroxylation is 1. The maximum atomic E-state index is 4.50. The molecule has 2 saturated heterocycles. The number of hydrogen-bond acceptors (Lipinski definition) is 3. The smallest absolute Gasteiger partial charge is 0.0925 e. The third-order valence-electron chi connectivity index (χ3n) is 7.23. The highest BCUT2D eigenvalue weighted by molar-refractivity contribution is 5.22. The van der Waals surface area contributed by atoms with Gasteiger partial charge in [-0.2, -0.15) is 0 Å². The Morgan fingerprint density at radius 3 is 2.59 bits per heavy atom. The Balaban J connectivity index is 1.29. The minimum atomic E-state index is 0.512. The summed E-state index contributed by atoms with van der Waals surface area (Å²) in [7, 11) is 0. The number of aromatic amines is 1. The van der Waals surface area contributed by atoms with Crippen LogP contribution >= 0.6 is 0 Å². The summed E-state index contributed by atoms with van der Waals surface area (Å²) in [6.45, 7) is 8.16. The maximum absolute atomic E-state index is 4.50. The van der Waals surface area contributed by atoms with E-state index in [0.29, 0.717) is 11.3 Å². The molecule has 1 aromatic carbocycles. The SMILES string of the molecule is Cc1[nH]cnc1CN1CCC2(CC1)CC(c1ccccc1)CN(C1CC1)C2. The number of nitrogens with one attached hydrogen (secondary N) is 1. The van der Waals surface area contributed by atoms with Crippen LogP contribution in [0.3, 0.4) is 0 Å². The molecule has 1 aromatic heterocycles. The quantitative estimate of drug-likeness (QED) is 0.892. The van der Waals surface area contributed by atoms with E-state index in [1.165, 1.54) is 69.7 Å². The molecule has 0 amide bonds. The van der Waals surface area contributed by atoms with Gasteiger partial charge in [0.1, 0.15) is 0 Å². The number of piperidine rings is 2.